The lowest BCUT2D eigenvalue weighted by Gasteiger charge is -2.26. The van der Waals surface area contributed by atoms with E-state index in [2.05, 4.69) is 22.6 Å². The molecular weight excluding hydrogens is 314 g/mol. The van der Waals surface area contributed by atoms with Gasteiger partial charge in [-0.25, -0.2) is 0 Å². The van der Waals surface area contributed by atoms with E-state index in [0.717, 1.165) is 43.2 Å². The smallest absolute Gasteiger partial charge is 0.279 e. The van der Waals surface area contributed by atoms with Gasteiger partial charge in [0.05, 0.1) is 18.4 Å². The van der Waals surface area contributed by atoms with Gasteiger partial charge in [0, 0.05) is 5.69 Å². The third kappa shape index (κ3) is 5.48. The second kappa shape index (κ2) is 8.50. The molecule has 1 aliphatic rings. The molecule has 0 unspecified atom stereocenters. The molecule has 0 aromatic heterocycles. The fourth-order valence-corrected chi connectivity index (χ4v) is 2.86. The molecule has 130 valence electrons. The Kier molecular flexibility index (Phi) is 5.87. The Morgan fingerprint density at radius 1 is 0.920 bits per heavy atom. The third-order valence-corrected chi connectivity index (χ3v) is 4.41. The van der Waals surface area contributed by atoms with Crippen LogP contribution in [0.5, 0.6) is 0 Å². The summed E-state index contributed by atoms with van der Waals surface area (Å²) in [5, 5.41) is 11.3. The zero-order chi connectivity index (χ0) is 17.5. The Hall–Kier alpha value is -2.57. The van der Waals surface area contributed by atoms with Crippen molar-refractivity contribution >= 4 is 23.0 Å². The number of nitrogens with one attached hydrogen (secondary N) is 3. The van der Waals surface area contributed by atoms with Gasteiger partial charge in [0.2, 0.25) is 0 Å². The van der Waals surface area contributed by atoms with E-state index in [0.29, 0.717) is 6.54 Å². The first kappa shape index (κ1) is 17.3. The molecule has 1 amide bonds. The summed E-state index contributed by atoms with van der Waals surface area (Å²) < 4.78 is 0. The summed E-state index contributed by atoms with van der Waals surface area (Å²) in [7, 11) is 2.20. The van der Waals surface area contributed by atoms with Crippen molar-refractivity contribution in [3.8, 4) is 0 Å². The third-order valence-electron chi connectivity index (χ3n) is 4.41. The fraction of sp³-hybridized carbons (Fsp3) is 0.316. The van der Waals surface area contributed by atoms with E-state index in [-0.39, 0.29) is 5.91 Å². The molecule has 2 aromatic carbocycles. The first-order valence-electron chi connectivity index (χ1n) is 8.70. The summed E-state index contributed by atoms with van der Waals surface area (Å²) in [6.07, 6.45) is 0. The zero-order valence-corrected chi connectivity index (χ0v) is 14.5. The van der Waals surface area contributed by atoms with Crippen molar-refractivity contribution in [1.29, 1.82) is 0 Å². The first-order chi connectivity index (χ1) is 12.2. The Morgan fingerprint density at radius 3 is 2.16 bits per heavy atom. The van der Waals surface area contributed by atoms with Gasteiger partial charge < -0.3 is 15.1 Å². The van der Waals surface area contributed by atoms with Gasteiger partial charge >= 0.3 is 0 Å². The molecule has 0 bridgehead atoms. The van der Waals surface area contributed by atoms with Crippen LogP contribution in [-0.2, 0) is 4.79 Å². The normalized spacial score (nSPS) is 20.5. The second-order valence-electron chi connectivity index (χ2n) is 6.51. The number of hydrogen-bond acceptors (Lipinski definition) is 3. The lowest BCUT2D eigenvalue weighted by Crippen LogP contribution is -3.27. The molecule has 0 aliphatic carbocycles. The van der Waals surface area contributed by atoms with Gasteiger partial charge in [-0.2, -0.15) is 10.2 Å². The minimum Gasteiger partial charge on any atom is -0.328 e. The molecule has 2 aromatic rings. The van der Waals surface area contributed by atoms with Crippen LogP contribution < -0.4 is 15.1 Å². The number of hydrogen-bond donors (Lipinski definition) is 3. The van der Waals surface area contributed by atoms with E-state index in [9.17, 15) is 4.79 Å². The number of anilines is 1. The second-order valence-corrected chi connectivity index (χ2v) is 6.51. The van der Waals surface area contributed by atoms with E-state index in [1.807, 2.05) is 54.6 Å². The molecule has 1 heterocycles. The molecule has 1 fully saturated rings. The SMILES string of the molecule is C[NH+]1CC[NH+](CC(=O)Nc2ccc(N=Nc3ccccc3)cc2)CC1. The van der Waals surface area contributed by atoms with Gasteiger partial charge in [-0.15, -0.1) is 0 Å². The number of piperazine rings is 1. The minimum atomic E-state index is 0.0632. The number of rotatable bonds is 5. The number of benzene rings is 2. The molecule has 0 atom stereocenters. The lowest BCUT2D eigenvalue weighted by atomic mass is 10.3. The van der Waals surface area contributed by atoms with Gasteiger partial charge in [0.25, 0.3) is 5.91 Å². The minimum absolute atomic E-state index is 0.0632. The number of carbonyl (C=O) groups is 1. The van der Waals surface area contributed by atoms with Crippen LogP contribution >= 0.6 is 0 Å². The Labute approximate surface area is 148 Å². The van der Waals surface area contributed by atoms with Gasteiger partial charge in [0.15, 0.2) is 6.54 Å². The summed E-state index contributed by atoms with van der Waals surface area (Å²) in [5.41, 5.74) is 2.37. The highest BCUT2D eigenvalue weighted by molar-refractivity contribution is 5.91. The highest BCUT2D eigenvalue weighted by Gasteiger charge is 2.22. The number of amides is 1. The van der Waals surface area contributed by atoms with Crippen molar-refractivity contribution in [3.63, 3.8) is 0 Å². The Balaban J connectivity index is 1.50. The van der Waals surface area contributed by atoms with E-state index in [1.165, 1.54) is 4.90 Å². The first-order valence-corrected chi connectivity index (χ1v) is 8.70. The monoisotopic (exact) mass is 339 g/mol. The van der Waals surface area contributed by atoms with Crippen LogP contribution in [0.15, 0.2) is 64.8 Å². The molecule has 0 saturated carbocycles. The number of likely N-dealkylation sites (N-methyl/N-ethyl adjacent to an activating group) is 1. The summed E-state index contributed by atoms with van der Waals surface area (Å²) in [4.78, 5) is 15.1. The Morgan fingerprint density at radius 2 is 1.52 bits per heavy atom. The summed E-state index contributed by atoms with van der Waals surface area (Å²) in [6.45, 7) is 4.90. The zero-order valence-electron chi connectivity index (χ0n) is 14.5. The topological polar surface area (TPSA) is 62.7 Å². The van der Waals surface area contributed by atoms with Crippen molar-refractivity contribution in [2.45, 2.75) is 0 Å². The molecular formula is C19H25N5O+2. The predicted molar refractivity (Wildman–Crippen MR) is 97.9 cm³/mol. The van der Waals surface area contributed by atoms with Gasteiger partial charge in [-0.3, -0.25) is 4.79 Å². The molecule has 3 N–H and O–H groups in total. The predicted octanol–water partition coefficient (Wildman–Crippen LogP) is 0.454. The number of nitrogens with zero attached hydrogens (tertiary/aromatic N) is 2. The van der Waals surface area contributed by atoms with E-state index in [4.69, 9.17) is 0 Å². The fourth-order valence-electron chi connectivity index (χ4n) is 2.86. The molecule has 0 radical (unpaired) electrons. The van der Waals surface area contributed by atoms with E-state index >= 15 is 0 Å². The van der Waals surface area contributed by atoms with Crippen LogP contribution in [0, 0.1) is 0 Å². The van der Waals surface area contributed by atoms with Crippen LogP contribution in [0.1, 0.15) is 0 Å². The summed E-state index contributed by atoms with van der Waals surface area (Å²) >= 11 is 0. The lowest BCUT2D eigenvalue weighted by molar-refractivity contribution is -0.999. The van der Waals surface area contributed by atoms with Crippen LogP contribution in [0.2, 0.25) is 0 Å². The highest BCUT2D eigenvalue weighted by Crippen LogP contribution is 2.19. The molecule has 6 heteroatoms. The van der Waals surface area contributed by atoms with Crippen LogP contribution in [0.3, 0.4) is 0 Å². The van der Waals surface area contributed by atoms with E-state index < -0.39 is 0 Å². The quantitative estimate of drug-likeness (QED) is 0.681. The van der Waals surface area contributed by atoms with Crippen LogP contribution in [0.4, 0.5) is 17.1 Å². The molecule has 1 saturated heterocycles. The van der Waals surface area contributed by atoms with E-state index in [1.54, 1.807) is 4.90 Å². The van der Waals surface area contributed by atoms with Crippen molar-refractivity contribution in [2.75, 3.05) is 45.1 Å². The van der Waals surface area contributed by atoms with Crippen LogP contribution in [-0.4, -0.2) is 45.7 Å². The number of azo groups is 1. The van der Waals surface area contributed by atoms with Crippen molar-refractivity contribution in [2.24, 2.45) is 10.2 Å². The average molecular weight is 339 g/mol. The molecule has 6 nitrogen and oxygen atoms in total. The maximum Gasteiger partial charge on any atom is 0.279 e. The molecule has 25 heavy (non-hydrogen) atoms. The molecule has 0 spiro atoms. The average Bonchev–Trinajstić information content (AvgIpc) is 2.64. The maximum atomic E-state index is 12.2. The van der Waals surface area contributed by atoms with Crippen molar-refractivity contribution in [1.82, 2.24) is 0 Å². The highest BCUT2D eigenvalue weighted by atomic mass is 16.2. The number of carbonyl (C=O) groups excluding carboxylic acids is 1. The summed E-state index contributed by atoms with van der Waals surface area (Å²) in [6, 6.07) is 17.0. The molecule has 3 rings (SSSR count). The van der Waals surface area contributed by atoms with Crippen LogP contribution in [0.25, 0.3) is 0 Å². The Bertz CT molecular complexity index is 706. The number of quaternary nitrogens is 2. The van der Waals surface area contributed by atoms with Crippen molar-refractivity contribution < 1.29 is 14.6 Å². The largest absolute Gasteiger partial charge is 0.328 e. The summed E-state index contributed by atoms with van der Waals surface area (Å²) in [5.74, 6) is 0.0632. The maximum absolute atomic E-state index is 12.2. The standard InChI is InChI=1S/C19H23N5O/c1-23-11-13-24(14-12-23)15-19(25)20-16-7-9-18(10-8-16)22-21-17-5-3-2-4-6-17/h2-10H,11-15H2,1H3,(H,20,25)/p+2. The van der Waals surface area contributed by atoms with Crippen molar-refractivity contribution in [3.05, 3.63) is 54.6 Å². The molecule has 1 aliphatic heterocycles. The van der Waals surface area contributed by atoms with Gasteiger partial charge in [-0.1, -0.05) is 18.2 Å². The van der Waals surface area contributed by atoms with Gasteiger partial charge in [0.1, 0.15) is 26.2 Å². The van der Waals surface area contributed by atoms with Gasteiger partial charge in [-0.05, 0) is 36.4 Å².